The van der Waals surface area contributed by atoms with Crippen LogP contribution in [0, 0.1) is 27.7 Å². The second-order valence-corrected chi connectivity index (χ2v) is 9.81. The highest BCUT2D eigenvalue weighted by Crippen LogP contribution is 2.54. The third kappa shape index (κ3) is 3.00. The topological polar surface area (TPSA) is 34.1 Å². The average molecular weight is 342 g/mol. The van der Waals surface area contributed by atoms with Crippen molar-refractivity contribution in [2.45, 2.75) is 53.6 Å². The van der Waals surface area contributed by atoms with Gasteiger partial charge in [0, 0.05) is 16.5 Å². The van der Waals surface area contributed by atoms with E-state index in [2.05, 4.69) is 6.92 Å². The highest BCUT2D eigenvalue weighted by atomic mass is 31.2. The third-order valence-electron chi connectivity index (χ3n) is 5.22. The van der Waals surface area contributed by atoms with Crippen molar-refractivity contribution in [3.8, 4) is 0 Å². The first-order valence-electron chi connectivity index (χ1n) is 8.52. The Morgan fingerprint density at radius 2 is 1.58 bits per heavy atom. The van der Waals surface area contributed by atoms with E-state index in [4.69, 9.17) is 0 Å². The molecule has 0 bridgehead atoms. The molecule has 0 radical (unpaired) electrons. The van der Waals surface area contributed by atoms with E-state index in [1.54, 1.807) is 0 Å². The first kappa shape index (κ1) is 18.7. The van der Waals surface area contributed by atoms with Crippen LogP contribution in [0.3, 0.4) is 0 Å². The van der Waals surface area contributed by atoms with Crippen LogP contribution < -0.4 is 5.30 Å². The molecule has 2 unspecified atom stereocenters. The van der Waals surface area contributed by atoms with Crippen LogP contribution in [0.25, 0.3) is 0 Å². The Bertz CT molecular complexity index is 806. The summed E-state index contributed by atoms with van der Waals surface area (Å²) in [5.74, 6) is 0. The fourth-order valence-electron chi connectivity index (χ4n) is 3.26. The van der Waals surface area contributed by atoms with Crippen LogP contribution in [0.2, 0.25) is 0 Å². The van der Waals surface area contributed by atoms with Crippen molar-refractivity contribution in [3.05, 3.63) is 64.2 Å². The van der Waals surface area contributed by atoms with E-state index >= 15 is 0 Å². The lowest BCUT2D eigenvalue weighted by atomic mass is 9.95. The molecule has 0 heterocycles. The molecule has 2 aromatic rings. The number of carbonyl (C=O) groups is 1. The number of hydrogen-bond acceptors (Lipinski definition) is 2. The van der Waals surface area contributed by atoms with Gasteiger partial charge >= 0.3 is 0 Å². The fraction of sp³-hybridized carbons (Fsp3) is 0.381. The van der Waals surface area contributed by atoms with Gasteiger partial charge in [0.1, 0.15) is 0 Å². The van der Waals surface area contributed by atoms with Gasteiger partial charge < -0.3 is 4.57 Å². The fourth-order valence-corrected chi connectivity index (χ4v) is 6.21. The zero-order valence-corrected chi connectivity index (χ0v) is 16.4. The van der Waals surface area contributed by atoms with E-state index in [0.29, 0.717) is 17.3 Å². The number of aryl methyl sites for hydroxylation is 2. The molecule has 0 aliphatic carbocycles. The van der Waals surface area contributed by atoms with Gasteiger partial charge in [-0.3, -0.25) is 4.79 Å². The lowest BCUT2D eigenvalue weighted by Crippen LogP contribution is -2.23. The molecule has 0 saturated heterocycles. The van der Waals surface area contributed by atoms with Crippen molar-refractivity contribution < 1.29 is 9.36 Å². The molecule has 0 fully saturated rings. The van der Waals surface area contributed by atoms with Gasteiger partial charge in [-0.25, -0.2) is 0 Å². The van der Waals surface area contributed by atoms with Crippen LogP contribution in [0.5, 0.6) is 0 Å². The van der Waals surface area contributed by atoms with E-state index in [-0.39, 0.29) is 11.2 Å². The highest BCUT2D eigenvalue weighted by Gasteiger charge is 2.40. The molecule has 0 amide bonds. The molecule has 0 saturated carbocycles. The average Bonchev–Trinajstić information content (AvgIpc) is 2.58. The van der Waals surface area contributed by atoms with Crippen LogP contribution in [0.15, 0.2) is 36.4 Å². The number of rotatable bonds is 5. The van der Waals surface area contributed by atoms with Gasteiger partial charge in [-0.1, -0.05) is 50.2 Å². The van der Waals surface area contributed by atoms with Crippen LogP contribution in [-0.2, 0) is 4.57 Å². The molecule has 0 aromatic heterocycles. The molecule has 0 aliphatic heterocycles. The number of hydrogen-bond donors (Lipinski definition) is 0. The summed E-state index contributed by atoms with van der Waals surface area (Å²) in [5, 5.41) is 0.668. The van der Waals surface area contributed by atoms with Crippen LogP contribution in [0.1, 0.15) is 52.9 Å². The number of benzene rings is 2. The largest absolute Gasteiger partial charge is 0.310 e. The van der Waals surface area contributed by atoms with Crippen molar-refractivity contribution in [2.24, 2.45) is 0 Å². The summed E-state index contributed by atoms with van der Waals surface area (Å²) in [6.45, 7) is 11.9. The molecule has 2 aromatic carbocycles. The summed E-state index contributed by atoms with van der Waals surface area (Å²) in [6.07, 6.45) is 0.709. The van der Waals surface area contributed by atoms with Crippen molar-refractivity contribution in [1.82, 2.24) is 0 Å². The molecule has 0 spiro atoms. The van der Waals surface area contributed by atoms with E-state index in [0.717, 1.165) is 16.7 Å². The van der Waals surface area contributed by atoms with Gasteiger partial charge in [-0.15, -0.1) is 0 Å². The smallest absolute Gasteiger partial charge is 0.226 e. The van der Waals surface area contributed by atoms with E-state index < -0.39 is 7.14 Å². The zero-order valence-electron chi connectivity index (χ0n) is 15.5. The predicted octanol–water partition coefficient (Wildman–Crippen LogP) is 5.55. The molecule has 2 atom stereocenters. The van der Waals surface area contributed by atoms with Crippen LogP contribution in [-0.4, -0.2) is 11.2 Å². The summed E-state index contributed by atoms with van der Waals surface area (Å²) in [6, 6.07) is 11.3. The van der Waals surface area contributed by atoms with Crippen LogP contribution >= 0.6 is 7.14 Å². The predicted molar refractivity (Wildman–Crippen MR) is 103 cm³/mol. The first-order chi connectivity index (χ1) is 11.2. The summed E-state index contributed by atoms with van der Waals surface area (Å²) < 4.78 is 14.0. The summed E-state index contributed by atoms with van der Waals surface area (Å²) in [5.41, 5.74) is 4.42. The maximum Gasteiger partial charge on any atom is 0.226 e. The maximum absolute atomic E-state index is 14.0. The Morgan fingerprint density at radius 3 is 2.12 bits per heavy atom. The van der Waals surface area contributed by atoms with Crippen molar-refractivity contribution in [3.63, 3.8) is 0 Å². The van der Waals surface area contributed by atoms with Gasteiger partial charge in [0.2, 0.25) is 5.52 Å². The minimum absolute atomic E-state index is 0.173. The van der Waals surface area contributed by atoms with Crippen LogP contribution in [0.4, 0.5) is 0 Å². The second kappa shape index (κ2) is 7.07. The second-order valence-electron chi connectivity index (χ2n) is 6.69. The molecule has 3 heteroatoms. The van der Waals surface area contributed by atoms with E-state index in [9.17, 15) is 9.36 Å². The summed E-state index contributed by atoms with van der Waals surface area (Å²) >= 11 is 0. The minimum Gasteiger partial charge on any atom is -0.310 e. The lowest BCUT2D eigenvalue weighted by molar-refractivity contribution is 0.107. The van der Waals surface area contributed by atoms with E-state index in [1.165, 1.54) is 5.56 Å². The minimum atomic E-state index is -3.20. The van der Waals surface area contributed by atoms with Gasteiger partial charge in [0.15, 0.2) is 7.14 Å². The summed E-state index contributed by atoms with van der Waals surface area (Å²) in [7, 11) is -3.20. The van der Waals surface area contributed by atoms with Gasteiger partial charge in [-0.2, -0.15) is 0 Å². The van der Waals surface area contributed by atoms with Crippen molar-refractivity contribution >= 4 is 18.0 Å². The van der Waals surface area contributed by atoms with Gasteiger partial charge in [0.25, 0.3) is 0 Å². The lowest BCUT2D eigenvalue weighted by Gasteiger charge is -2.25. The highest BCUT2D eigenvalue weighted by molar-refractivity contribution is 7.88. The molecular weight excluding hydrogens is 315 g/mol. The van der Waals surface area contributed by atoms with Gasteiger partial charge in [-0.05, 0) is 56.4 Å². The molecule has 128 valence electrons. The van der Waals surface area contributed by atoms with Crippen molar-refractivity contribution in [1.29, 1.82) is 0 Å². The van der Waals surface area contributed by atoms with Gasteiger partial charge in [0.05, 0.1) is 0 Å². The van der Waals surface area contributed by atoms with Crippen molar-refractivity contribution in [2.75, 3.05) is 0 Å². The molecule has 2 nitrogen and oxygen atoms in total. The van der Waals surface area contributed by atoms with E-state index in [1.807, 2.05) is 71.0 Å². The summed E-state index contributed by atoms with van der Waals surface area (Å²) in [4.78, 5) is 13.5. The Labute approximate surface area is 145 Å². The molecule has 2 rings (SSSR count). The quantitative estimate of drug-likeness (QED) is 0.668. The zero-order chi connectivity index (χ0) is 18.1. The Morgan fingerprint density at radius 1 is 1.00 bits per heavy atom. The molecule has 24 heavy (non-hydrogen) atoms. The Hall–Kier alpha value is -1.66. The maximum atomic E-state index is 14.0. The third-order valence-corrected chi connectivity index (χ3v) is 8.72. The molecule has 0 aliphatic rings. The molecule has 0 N–H and O–H groups in total. The Balaban J connectivity index is 2.73. The number of carbonyl (C=O) groups excluding carboxylic acids is 1. The SMILES string of the molecule is CCC(C)P(=O)(C(=O)c1c(C)cc(C)c(C)c1C)c1ccccc1. The normalized spacial score (nSPS) is 14.9. The first-order valence-corrected chi connectivity index (χ1v) is 10.3. The standard InChI is InChI=1S/C21H27O2P/c1-7-16(4)24(23,19-11-9-8-10-12-19)21(22)20-15(3)13-14(2)17(5)18(20)6/h8-13,16H,7H2,1-6H3. The monoisotopic (exact) mass is 342 g/mol. The Kier molecular flexibility index (Phi) is 5.50. The molecular formula is C21H27O2P.